The Morgan fingerprint density at radius 2 is 2.12 bits per heavy atom. The zero-order chi connectivity index (χ0) is 17.3. The summed E-state index contributed by atoms with van der Waals surface area (Å²) in [5.74, 6) is 0.672. The van der Waals surface area contributed by atoms with Crippen LogP contribution in [0.25, 0.3) is 11.0 Å². The van der Waals surface area contributed by atoms with E-state index in [2.05, 4.69) is 9.89 Å². The van der Waals surface area contributed by atoms with E-state index in [1.807, 2.05) is 38.1 Å². The molecule has 1 aromatic carbocycles. The Balaban J connectivity index is 1.99. The normalized spacial score (nSPS) is 12.5. The molecular weight excluding hydrogens is 310 g/mol. The van der Waals surface area contributed by atoms with Crippen LogP contribution in [0.2, 0.25) is 0 Å². The van der Waals surface area contributed by atoms with Crippen LogP contribution in [-0.4, -0.2) is 29.9 Å². The number of hydrogen-bond donors (Lipinski definition) is 1. The van der Waals surface area contributed by atoms with Gasteiger partial charge in [-0.2, -0.15) is 0 Å². The van der Waals surface area contributed by atoms with Gasteiger partial charge in [-0.3, -0.25) is 4.79 Å². The molecule has 0 aliphatic carbocycles. The second-order valence-corrected chi connectivity index (χ2v) is 5.75. The van der Waals surface area contributed by atoms with Gasteiger partial charge in [0.05, 0.1) is 31.7 Å². The summed E-state index contributed by atoms with van der Waals surface area (Å²) in [4.78, 5) is 11.4. The Bertz CT molecular complexity index is 857. The summed E-state index contributed by atoms with van der Waals surface area (Å²) in [6, 6.07) is 7.42. The number of furan rings is 1. The van der Waals surface area contributed by atoms with Crippen molar-refractivity contribution in [1.82, 2.24) is 5.16 Å². The molecular formula is C18H19NO5. The van der Waals surface area contributed by atoms with Crippen molar-refractivity contribution in [1.29, 1.82) is 0 Å². The van der Waals surface area contributed by atoms with Gasteiger partial charge in [0.25, 0.3) is 0 Å². The van der Waals surface area contributed by atoms with Gasteiger partial charge in [-0.25, -0.2) is 0 Å². The lowest BCUT2D eigenvalue weighted by molar-refractivity contribution is -0.139. The van der Waals surface area contributed by atoms with Gasteiger partial charge < -0.3 is 18.8 Å². The molecule has 0 saturated heterocycles. The number of ether oxygens (including phenoxy) is 1. The van der Waals surface area contributed by atoms with Crippen molar-refractivity contribution < 1.29 is 23.6 Å². The highest BCUT2D eigenvalue weighted by molar-refractivity contribution is 5.81. The standard InChI is InChI=1S/C18H19NO5/c1-10-18(11(2)24-19-10)14(9-20)16-8-13-6-12(7-17(21)22-3)4-5-15(13)23-16/h4-6,8,14,20H,7,9H2,1-3H3. The third-order valence-electron chi connectivity index (χ3n) is 4.14. The highest BCUT2D eigenvalue weighted by Crippen LogP contribution is 2.33. The lowest BCUT2D eigenvalue weighted by atomic mass is 9.95. The van der Waals surface area contributed by atoms with E-state index in [4.69, 9.17) is 8.94 Å². The predicted molar refractivity (Wildman–Crippen MR) is 86.8 cm³/mol. The fraction of sp³-hybridized carbons (Fsp3) is 0.333. The average Bonchev–Trinajstić information content (AvgIpc) is 3.13. The van der Waals surface area contributed by atoms with Gasteiger partial charge in [0.15, 0.2) is 0 Å². The number of methoxy groups -OCH3 is 1. The molecule has 2 heterocycles. The fourth-order valence-corrected chi connectivity index (χ4v) is 2.94. The molecule has 0 radical (unpaired) electrons. The number of esters is 1. The van der Waals surface area contributed by atoms with Crippen LogP contribution < -0.4 is 0 Å². The summed E-state index contributed by atoms with van der Waals surface area (Å²) in [7, 11) is 1.37. The number of hydrogen-bond acceptors (Lipinski definition) is 6. The number of nitrogens with zero attached hydrogens (tertiary/aromatic N) is 1. The second kappa shape index (κ2) is 6.49. The van der Waals surface area contributed by atoms with Crippen molar-refractivity contribution >= 4 is 16.9 Å². The number of fused-ring (bicyclic) bond motifs is 1. The van der Waals surface area contributed by atoms with Crippen LogP contribution >= 0.6 is 0 Å². The number of rotatable bonds is 5. The maximum Gasteiger partial charge on any atom is 0.309 e. The van der Waals surface area contributed by atoms with Crippen molar-refractivity contribution in [2.45, 2.75) is 26.2 Å². The molecule has 1 N–H and O–H groups in total. The first-order valence-electron chi connectivity index (χ1n) is 7.66. The Hall–Kier alpha value is -2.60. The minimum atomic E-state index is -0.340. The fourth-order valence-electron chi connectivity index (χ4n) is 2.94. The minimum absolute atomic E-state index is 0.113. The third-order valence-corrected chi connectivity index (χ3v) is 4.14. The van der Waals surface area contributed by atoms with Gasteiger partial charge in [-0.1, -0.05) is 11.2 Å². The number of aromatic nitrogens is 1. The van der Waals surface area contributed by atoms with Crippen LogP contribution in [0.5, 0.6) is 0 Å². The van der Waals surface area contributed by atoms with E-state index in [-0.39, 0.29) is 24.9 Å². The lowest BCUT2D eigenvalue weighted by Gasteiger charge is -2.10. The van der Waals surface area contributed by atoms with E-state index in [0.29, 0.717) is 17.1 Å². The number of aryl methyl sites for hydroxylation is 2. The van der Waals surface area contributed by atoms with Crippen LogP contribution in [0.4, 0.5) is 0 Å². The molecule has 1 unspecified atom stereocenters. The first kappa shape index (κ1) is 16.3. The van der Waals surface area contributed by atoms with Crippen molar-refractivity contribution in [2.24, 2.45) is 0 Å². The van der Waals surface area contributed by atoms with Gasteiger partial charge in [0, 0.05) is 10.9 Å². The average molecular weight is 329 g/mol. The Morgan fingerprint density at radius 1 is 1.33 bits per heavy atom. The Labute approximate surface area is 139 Å². The van der Waals surface area contributed by atoms with Crippen LogP contribution in [0.1, 0.15) is 34.3 Å². The Morgan fingerprint density at radius 3 is 2.75 bits per heavy atom. The molecule has 0 aliphatic heterocycles. The topological polar surface area (TPSA) is 85.7 Å². The molecule has 6 nitrogen and oxygen atoms in total. The lowest BCUT2D eigenvalue weighted by Crippen LogP contribution is -2.07. The number of carbonyl (C=O) groups excluding carboxylic acids is 1. The second-order valence-electron chi connectivity index (χ2n) is 5.75. The summed E-state index contributed by atoms with van der Waals surface area (Å²) in [6.07, 6.45) is 0.209. The maximum absolute atomic E-state index is 11.4. The molecule has 0 spiro atoms. The minimum Gasteiger partial charge on any atom is -0.469 e. The maximum atomic E-state index is 11.4. The molecule has 6 heteroatoms. The first-order valence-corrected chi connectivity index (χ1v) is 7.66. The zero-order valence-electron chi connectivity index (χ0n) is 13.8. The predicted octanol–water partition coefficient (Wildman–Crippen LogP) is 2.88. The van der Waals surface area contributed by atoms with E-state index in [1.54, 1.807) is 0 Å². The van der Waals surface area contributed by atoms with E-state index in [0.717, 1.165) is 22.2 Å². The molecule has 0 bridgehead atoms. The summed E-state index contributed by atoms with van der Waals surface area (Å²) in [6.45, 7) is 3.54. The number of aliphatic hydroxyl groups excluding tert-OH is 1. The summed E-state index contributed by atoms with van der Waals surface area (Å²) >= 11 is 0. The van der Waals surface area contributed by atoms with Crippen LogP contribution in [0, 0.1) is 13.8 Å². The van der Waals surface area contributed by atoms with Crippen LogP contribution in [-0.2, 0) is 16.0 Å². The molecule has 0 amide bonds. The van der Waals surface area contributed by atoms with Gasteiger partial charge in [-0.15, -0.1) is 0 Å². The van der Waals surface area contributed by atoms with Crippen molar-refractivity contribution in [3.8, 4) is 0 Å². The van der Waals surface area contributed by atoms with Crippen molar-refractivity contribution in [3.05, 3.63) is 52.6 Å². The highest BCUT2D eigenvalue weighted by atomic mass is 16.5. The zero-order valence-corrected chi connectivity index (χ0v) is 13.8. The summed E-state index contributed by atoms with van der Waals surface area (Å²) in [5.41, 5.74) is 3.12. The molecule has 0 fully saturated rings. The van der Waals surface area contributed by atoms with Gasteiger partial charge in [0.2, 0.25) is 0 Å². The van der Waals surface area contributed by atoms with Crippen LogP contribution in [0.15, 0.2) is 33.2 Å². The third kappa shape index (κ3) is 2.92. The van der Waals surface area contributed by atoms with E-state index in [9.17, 15) is 9.90 Å². The summed E-state index contributed by atoms with van der Waals surface area (Å²) in [5, 5.41) is 14.7. The number of benzene rings is 1. The first-order chi connectivity index (χ1) is 11.5. The molecule has 126 valence electrons. The molecule has 24 heavy (non-hydrogen) atoms. The quantitative estimate of drug-likeness (QED) is 0.724. The number of carbonyl (C=O) groups is 1. The largest absolute Gasteiger partial charge is 0.469 e. The molecule has 0 aliphatic rings. The number of aliphatic hydroxyl groups is 1. The molecule has 3 rings (SSSR count). The highest BCUT2D eigenvalue weighted by Gasteiger charge is 2.25. The molecule has 2 aromatic heterocycles. The van der Waals surface area contributed by atoms with E-state index < -0.39 is 0 Å². The van der Waals surface area contributed by atoms with E-state index in [1.165, 1.54) is 7.11 Å². The monoisotopic (exact) mass is 329 g/mol. The van der Waals surface area contributed by atoms with Gasteiger partial charge in [0.1, 0.15) is 17.1 Å². The van der Waals surface area contributed by atoms with Gasteiger partial charge >= 0.3 is 5.97 Å². The van der Waals surface area contributed by atoms with Gasteiger partial charge in [-0.05, 0) is 37.6 Å². The molecule has 0 saturated carbocycles. The Kier molecular flexibility index (Phi) is 4.40. The SMILES string of the molecule is COC(=O)Cc1ccc2oc(C(CO)c3c(C)noc3C)cc2c1. The van der Waals surface area contributed by atoms with Crippen molar-refractivity contribution in [2.75, 3.05) is 13.7 Å². The smallest absolute Gasteiger partial charge is 0.309 e. The molecule has 3 aromatic rings. The molecule has 1 atom stereocenters. The van der Waals surface area contributed by atoms with Crippen molar-refractivity contribution in [3.63, 3.8) is 0 Å². The van der Waals surface area contributed by atoms with E-state index >= 15 is 0 Å². The van der Waals surface area contributed by atoms with Crippen LogP contribution in [0.3, 0.4) is 0 Å². The summed E-state index contributed by atoms with van der Waals surface area (Å²) < 4.78 is 15.8.